The van der Waals surface area contributed by atoms with Crippen molar-refractivity contribution < 1.29 is 18.4 Å². The van der Waals surface area contributed by atoms with E-state index in [4.69, 9.17) is 16.6 Å². The lowest BCUT2D eigenvalue weighted by atomic mass is 10.1. The van der Waals surface area contributed by atoms with Crippen LogP contribution in [0.3, 0.4) is 0 Å². The highest BCUT2D eigenvalue weighted by Gasteiger charge is 2.35. The lowest BCUT2D eigenvalue weighted by molar-refractivity contribution is -0.122. The largest absolute Gasteiger partial charge is 0.441 e. The molecule has 4 rings (SSSR count). The molecular formula is C21H20FN3O3S. The van der Waals surface area contributed by atoms with Crippen LogP contribution in [0.15, 0.2) is 46.4 Å². The smallest absolute Gasteiger partial charge is 0.270 e. The molecular weight excluding hydrogens is 393 g/mol. The molecule has 0 spiro atoms. The molecule has 8 heteroatoms. The van der Waals surface area contributed by atoms with Crippen LogP contribution in [0.4, 0.5) is 16.0 Å². The lowest BCUT2D eigenvalue weighted by Gasteiger charge is -2.28. The standard InChI is InChI=1S/C21H20FN3O3S/c22-14-6-5-7-15(12-14)25-20(27)17(19(26)23-21(25)29)13-16-8-9-18(28-16)24-10-3-1-2-4-11-24/h5-9,12-13H,1-4,10-11H2,(H,23,26,29)/b17-13+. The van der Waals surface area contributed by atoms with Gasteiger partial charge in [-0.25, -0.2) is 4.39 Å². The predicted molar refractivity (Wildman–Crippen MR) is 112 cm³/mol. The molecule has 0 saturated carbocycles. The second-order valence-corrected chi connectivity index (χ2v) is 7.40. The Balaban J connectivity index is 1.61. The van der Waals surface area contributed by atoms with Gasteiger partial charge in [-0.1, -0.05) is 18.9 Å². The fourth-order valence-electron chi connectivity index (χ4n) is 3.53. The Morgan fingerprint density at radius 1 is 1.07 bits per heavy atom. The lowest BCUT2D eigenvalue weighted by Crippen LogP contribution is -2.54. The zero-order chi connectivity index (χ0) is 20.4. The molecule has 29 heavy (non-hydrogen) atoms. The Hall–Kier alpha value is -3.00. The monoisotopic (exact) mass is 413 g/mol. The molecule has 0 bridgehead atoms. The van der Waals surface area contributed by atoms with Crippen LogP contribution in [0.5, 0.6) is 0 Å². The van der Waals surface area contributed by atoms with E-state index in [1.165, 1.54) is 37.1 Å². The highest BCUT2D eigenvalue weighted by Crippen LogP contribution is 2.26. The van der Waals surface area contributed by atoms with Crippen LogP contribution < -0.4 is 15.1 Å². The average Bonchev–Trinajstić information content (AvgIpc) is 2.98. The quantitative estimate of drug-likeness (QED) is 0.473. The van der Waals surface area contributed by atoms with Gasteiger partial charge in [0.15, 0.2) is 11.0 Å². The number of benzene rings is 1. The van der Waals surface area contributed by atoms with Gasteiger partial charge in [0.1, 0.15) is 17.2 Å². The van der Waals surface area contributed by atoms with Crippen molar-refractivity contribution in [2.45, 2.75) is 25.7 Å². The van der Waals surface area contributed by atoms with Crippen LogP contribution in [0.2, 0.25) is 0 Å². The van der Waals surface area contributed by atoms with E-state index in [1.807, 2.05) is 6.07 Å². The minimum absolute atomic E-state index is 0.0903. The van der Waals surface area contributed by atoms with Gasteiger partial charge in [-0.3, -0.25) is 19.8 Å². The Kier molecular flexibility index (Phi) is 5.44. The van der Waals surface area contributed by atoms with E-state index in [2.05, 4.69) is 10.2 Å². The maximum Gasteiger partial charge on any atom is 0.270 e. The summed E-state index contributed by atoms with van der Waals surface area (Å²) in [6, 6.07) is 9.05. The number of rotatable bonds is 3. The summed E-state index contributed by atoms with van der Waals surface area (Å²) < 4.78 is 19.5. The summed E-state index contributed by atoms with van der Waals surface area (Å²) in [6.45, 7) is 1.84. The maximum absolute atomic E-state index is 13.6. The second kappa shape index (κ2) is 8.16. The van der Waals surface area contributed by atoms with Crippen LogP contribution >= 0.6 is 12.2 Å². The Labute approximate surface area is 173 Å². The van der Waals surface area contributed by atoms with E-state index in [-0.39, 0.29) is 16.4 Å². The molecule has 2 saturated heterocycles. The molecule has 2 aliphatic rings. The topological polar surface area (TPSA) is 65.8 Å². The molecule has 1 aromatic heterocycles. The van der Waals surface area contributed by atoms with Gasteiger partial charge < -0.3 is 9.32 Å². The molecule has 0 atom stereocenters. The first kappa shape index (κ1) is 19.3. The summed E-state index contributed by atoms with van der Waals surface area (Å²) in [6.07, 6.45) is 6.03. The van der Waals surface area contributed by atoms with Gasteiger partial charge in [-0.2, -0.15) is 0 Å². The van der Waals surface area contributed by atoms with Crippen molar-refractivity contribution in [3.8, 4) is 0 Å². The minimum Gasteiger partial charge on any atom is -0.441 e. The van der Waals surface area contributed by atoms with Gasteiger partial charge in [-0.05, 0) is 55.4 Å². The van der Waals surface area contributed by atoms with Crippen molar-refractivity contribution in [3.63, 3.8) is 0 Å². The zero-order valence-electron chi connectivity index (χ0n) is 15.7. The van der Waals surface area contributed by atoms with Gasteiger partial charge in [0.2, 0.25) is 0 Å². The van der Waals surface area contributed by atoms with Crippen molar-refractivity contribution >= 4 is 46.8 Å². The summed E-state index contributed by atoms with van der Waals surface area (Å²) in [5.41, 5.74) is 0.121. The van der Waals surface area contributed by atoms with Gasteiger partial charge in [0.05, 0.1) is 5.69 Å². The minimum atomic E-state index is -0.628. The van der Waals surface area contributed by atoms with Gasteiger partial charge in [-0.15, -0.1) is 0 Å². The molecule has 3 heterocycles. The van der Waals surface area contributed by atoms with Crippen LogP contribution in [0.25, 0.3) is 6.08 Å². The number of hydrogen-bond acceptors (Lipinski definition) is 5. The number of hydrogen-bond donors (Lipinski definition) is 1. The number of anilines is 2. The van der Waals surface area contributed by atoms with Crippen LogP contribution in [-0.2, 0) is 9.59 Å². The first-order valence-electron chi connectivity index (χ1n) is 9.55. The normalized spacial score (nSPS) is 19.5. The molecule has 6 nitrogen and oxygen atoms in total. The third kappa shape index (κ3) is 4.07. The van der Waals surface area contributed by atoms with E-state index in [0.29, 0.717) is 5.76 Å². The molecule has 2 fully saturated rings. The average molecular weight is 413 g/mol. The molecule has 2 aliphatic heterocycles. The number of furan rings is 1. The van der Waals surface area contributed by atoms with Crippen LogP contribution in [0, 0.1) is 5.82 Å². The number of nitrogens with one attached hydrogen (secondary N) is 1. The third-order valence-corrected chi connectivity index (χ3v) is 5.27. The van der Waals surface area contributed by atoms with E-state index in [1.54, 1.807) is 12.1 Å². The third-order valence-electron chi connectivity index (χ3n) is 4.99. The Morgan fingerprint density at radius 3 is 2.55 bits per heavy atom. The van der Waals surface area contributed by atoms with Gasteiger partial charge >= 0.3 is 0 Å². The van der Waals surface area contributed by atoms with E-state index in [9.17, 15) is 14.0 Å². The van der Waals surface area contributed by atoms with E-state index < -0.39 is 17.6 Å². The highest BCUT2D eigenvalue weighted by molar-refractivity contribution is 7.80. The summed E-state index contributed by atoms with van der Waals surface area (Å²) >= 11 is 5.12. The molecule has 2 aromatic rings. The van der Waals surface area contributed by atoms with E-state index in [0.717, 1.165) is 36.7 Å². The molecule has 0 radical (unpaired) electrons. The molecule has 1 aromatic carbocycles. The molecule has 2 amide bonds. The van der Waals surface area contributed by atoms with Crippen molar-refractivity contribution in [1.82, 2.24) is 5.32 Å². The zero-order valence-corrected chi connectivity index (χ0v) is 16.5. The Morgan fingerprint density at radius 2 is 1.83 bits per heavy atom. The number of carbonyl (C=O) groups excluding carboxylic acids is 2. The van der Waals surface area contributed by atoms with Crippen LogP contribution in [-0.4, -0.2) is 30.0 Å². The number of amides is 2. The first-order chi connectivity index (χ1) is 14.0. The maximum atomic E-state index is 13.6. The summed E-state index contributed by atoms with van der Waals surface area (Å²) in [5.74, 6) is -0.624. The fraction of sp³-hybridized carbons (Fsp3) is 0.286. The molecule has 0 unspecified atom stereocenters. The number of halogens is 1. The summed E-state index contributed by atoms with van der Waals surface area (Å²) in [5, 5.41) is 2.39. The van der Waals surface area contributed by atoms with Crippen molar-refractivity contribution in [3.05, 3.63) is 53.5 Å². The van der Waals surface area contributed by atoms with Gasteiger partial charge in [0, 0.05) is 19.2 Å². The number of thiocarbonyl (C=S) groups is 1. The van der Waals surface area contributed by atoms with Crippen molar-refractivity contribution in [1.29, 1.82) is 0 Å². The number of carbonyl (C=O) groups is 2. The predicted octanol–water partition coefficient (Wildman–Crippen LogP) is 3.63. The first-order valence-corrected chi connectivity index (χ1v) is 9.95. The number of nitrogens with zero attached hydrogens (tertiary/aromatic N) is 2. The molecule has 0 aliphatic carbocycles. The van der Waals surface area contributed by atoms with E-state index >= 15 is 0 Å². The fourth-order valence-corrected chi connectivity index (χ4v) is 3.81. The summed E-state index contributed by atoms with van der Waals surface area (Å²) in [4.78, 5) is 28.6. The van der Waals surface area contributed by atoms with Crippen molar-refractivity contribution in [2.24, 2.45) is 0 Å². The SMILES string of the molecule is O=C1NC(=S)N(c2cccc(F)c2)C(=O)/C1=C/c1ccc(N2CCCCCC2)o1. The molecule has 1 N–H and O–H groups in total. The molecule has 150 valence electrons. The summed E-state index contributed by atoms with van der Waals surface area (Å²) in [7, 11) is 0. The Bertz CT molecular complexity index is 993. The highest BCUT2D eigenvalue weighted by atomic mass is 32.1. The van der Waals surface area contributed by atoms with Gasteiger partial charge in [0.25, 0.3) is 11.8 Å². The van der Waals surface area contributed by atoms with Crippen LogP contribution in [0.1, 0.15) is 31.4 Å². The second-order valence-electron chi connectivity index (χ2n) is 7.01. The van der Waals surface area contributed by atoms with Crippen molar-refractivity contribution in [2.75, 3.05) is 22.9 Å².